The number of nitrogens with zero attached hydrogens (tertiary/aromatic N) is 1. The molecular weight excluding hydrogens is 247 g/mol. The molecule has 2 atom stereocenters. The molecule has 19 heavy (non-hydrogen) atoms. The fourth-order valence-corrected chi connectivity index (χ4v) is 2.85. The van der Waals surface area contributed by atoms with Crippen molar-refractivity contribution in [2.45, 2.75) is 12.5 Å². The predicted octanol–water partition coefficient (Wildman–Crippen LogP) is 1.79. The van der Waals surface area contributed by atoms with Gasteiger partial charge in [-0.05, 0) is 38.1 Å². The molecule has 1 saturated heterocycles. The Morgan fingerprint density at radius 1 is 1.37 bits per heavy atom. The van der Waals surface area contributed by atoms with Gasteiger partial charge in [0.1, 0.15) is 5.82 Å². The maximum Gasteiger partial charge on any atom is 0.168 e. The number of ether oxygens (including phenoxy) is 2. The molecule has 4 nitrogen and oxygen atoms in total. The van der Waals surface area contributed by atoms with Crippen LogP contribution in [0.25, 0.3) is 0 Å². The summed E-state index contributed by atoms with van der Waals surface area (Å²) in [5, 5.41) is 0. The number of hydrogen-bond acceptors (Lipinski definition) is 4. The van der Waals surface area contributed by atoms with Crippen molar-refractivity contribution in [1.29, 1.82) is 0 Å². The third-order valence-corrected chi connectivity index (χ3v) is 3.83. The number of nitrogens with two attached hydrogens (primary N) is 1. The van der Waals surface area contributed by atoms with E-state index in [1.165, 1.54) is 13.2 Å². The summed E-state index contributed by atoms with van der Waals surface area (Å²) in [5.41, 5.74) is 6.29. The first kappa shape index (κ1) is 14.1. The summed E-state index contributed by atoms with van der Waals surface area (Å²) in [6.07, 6.45) is 0.841. The van der Waals surface area contributed by atoms with Gasteiger partial charge in [-0.1, -0.05) is 0 Å². The molecule has 1 heterocycles. The smallest absolute Gasteiger partial charge is 0.168 e. The number of methoxy groups -OCH3 is 2. The summed E-state index contributed by atoms with van der Waals surface area (Å²) < 4.78 is 24.8. The lowest BCUT2D eigenvalue weighted by atomic mass is 9.98. The Morgan fingerprint density at radius 3 is 2.63 bits per heavy atom. The average molecular weight is 268 g/mol. The minimum absolute atomic E-state index is 0.0152. The van der Waals surface area contributed by atoms with Crippen LogP contribution < -0.4 is 15.2 Å². The Morgan fingerprint density at radius 2 is 2.11 bits per heavy atom. The van der Waals surface area contributed by atoms with Crippen LogP contribution in [0, 0.1) is 11.7 Å². The van der Waals surface area contributed by atoms with Crippen molar-refractivity contribution in [2.24, 2.45) is 11.7 Å². The second-order valence-corrected chi connectivity index (χ2v) is 4.99. The summed E-state index contributed by atoms with van der Waals surface area (Å²) in [7, 11) is 5.08. The molecule has 1 aliphatic heterocycles. The molecule has 1 fully saturated rings. The molecule has 0 saturated carbocycles. The van der Waals surface area contributed by atoms with Crippen LogP contribution in [0.1, 0.15) is 18.0 Å². The van der Waals surface area contributed by atoms with E-state index in [1.807, 2.05) is 7.05 Å². The number of likely N-dealkylation sites (tertiary alicyclic amines) is 1. The van der Waals surface area contributed by atoms with Gasteiger partial charge >= 0.3 is 0 Å². The fourth-order valence-electron chi connectivity index (χ4n) is 2.85. The van der Waals surface area contributed by atoms with Crippen LogP contribution >= 0.6 is 0 Å². The molecule has 0 aliphatic carbocycles. The van der Waals surface area contributed by atoms with Gasteiger partial charge in [-0.2, -0.15) is 0 Å². The molecule has 2 unspecified atom stereocenters. The van der Waals surface area contributed by atoms with Crippen molar-refractivity contribution in [1.82, 2.24) is 4.90 Å². The molecule has 2 N–H and O–H groups in total. The van der Waals surface area contributed by atoms with Crippen LogP contribution in [0.2, 0.25) is 0 Å². The lowest BCUT2D eigenvalue weighted by Crippen LogP contribution is -2.21. The van der Waals surface area contributed by atoms with E-state index in [2.05, 4.69) is 4.90 Å². The molecule has 1 aromatic rings. The highest BCUT2D eigenvalue weighted by atomic mass is 19.1. The van der Waals surface area contributed by atoms with E-state index in [0.717, 1.165) is 13.0 Å². The third kappa shape index (κ3) is 2.53. The first-order chi connectivity index (χ1) is 9.12. The van der Waals surface area contributed by atoms with E-state index in [1.54, 1.807) is 13.2 Å². The lowest BCUT2D eigenvalue weighted by molar-refractivity contribution is 0.288. The van der Waals surface area contributed by atoms with Gasteiger partial charge in [-0.3, -0.25) is 4.90 Å². The van der Waals surface area contributed by atoms with Crippen LogP contribution in [0.4, 0.5) is 4.39 Å². The van der Waals surface area contributed by atoms with Crippen LogP contribution in [0.3, 0.4) is 0 Å². The molecule has 1 aliphatic rings. The monoisotopic (exact) mass is 268 g/mol. The Labute approximate surface area is 113 Å². The molecule has 5 heteroatoms. The van der Waals surface area contributed by atoms with Crippen molar-refractivity contribution in [3.8, 4) is 11.5 Å². The fraction of sp³-hybridized carbons (Fsp3) is 0.571. The predicted molar refractivity (Wildman–Crippen MR) is 72.0 cm³/mol. The Kier molecular flexibility index (Phi) is 4.27. The molecule has 2 rings (SSSR count). The van der Waals surface area contributed by atoms with Gasteiger partial charge < -0.3 is 15.2 Å². The summed E-state index contributed by atoms with van der Waals surface area (Å²) in [6, 6.07) is 3.01. The summed E-state index contributed by atoms with van der Waals surface area (Å²) in [4.78, 5) is 2.12. The second-order valence-electron chi connectivity index (χ2n) is 4.99. The number of hydrogen-bond donors (Lipinski definition) is 1. The minimum atomic E-state index is -0.257. The zero-order valence-electron chi connectivity index (χ0n) is 11.6. The first-order valence-corrected chi connectivity index (χ1v) is 6.43. The maximum atomic E-state index is 14.2. The van der Waals surface area contributed by atoms with Gasteiger partial charge in [0.2, 0.25) is 0 Å². The van der Waals surface area contributed by atoms with Gasteiger partial charge in [-0.15, -0.1) is 0 Å². The minimum Gasteiger partial charge on any atom is -0.493 e. The van der Waals surface area contributed by atoms with E-state index in [4.69, 9.17) is 15.2 Å². The lowest BCUT2D eigenvalue weighted by Gasteiger charge is -2.23. The van der Waals surface area contributed by atoms with Crippen molar-refractivity contribution in [2.75, 3.05) is 34.4 Å². The quantitative estimate of drug-likeness (QED) is 0.904. The molecule has 0 spiro atoms. The molecule has 0 radical (unpaired) electrons. The van der Waals surface area contributed by atoms with E-state index in [0.29, 0.717) is 29.5 Å². The van der Waals surface area contributed by atoms with Gasteiger partial charge in [0.05, 0.1) is 19.8 Å². The van der Waals surface area contributed by atoms with Crippen LogP contribution in [-0.4, -0.2) is 39.3 Å². The van der Waals surface area contributed by atoms with Gasteiger partial charge in [0.15, 0.2) is 11.5 Å². The Balaban J connectivity index is 2.43. The molecule has 1 aromatic carbocycles. The van der Waals surface area contributed by atoms with E-state index < -0.39 is 0 Å². The highest BCUT2D eigenvalue weighted by molar-refractivity contribution is 5.49. The number of halogens is 1. The second kappa shape index (κ2) is 5.75. The SMILES string of the molecule is COc1ccc(F)c(C2CC(CN)CN2C)c1OC. The largest absolute Gasteiger partial charge is 0.493 e. The number of rotatable bonds is 4. The molecule has 0 amide bonds. The zero-order chi connectivity index (χ0) is 14.0. The van der Waals surface area contributed by atoms with E-state index in [-0.39, 0.29) is 11.9 Å². The summed E-state index contributed by atoms with van der Waals surface area (Å²) >= 11 is 0. The number of benzene rings is 1. The van der Waals surface area contributed by atoms with Crippen LogP contribution in [-0.2, 0) is 0 Å². The van der Waals surface area contributed by atoms with Crippen molar-refractivity contribution in [3.63, 3.8) is 0 Å². The topological polar surface area (TPSA) is 47.7 Å². The zero-order valence-corrected chi connectivity index (χ0v) is 11.6. The Bertz CT molecular complexity index is 453. The molecule has 106 valence electrons. The van der Waals surface area contributed by atoms with Crippen molar-refractivity contribution in [3.05, 3.63) is 23.5 Å². The molecule has 0 aromatic heterocycles. The van der Waals surface area contributed by atoms with Gasteiger partial charge in [0.25, 0.3) is 0 Å². The summed E-state index contributed by atoms with van der Waals surface area (Å²) in [5.74, 6) is 1.18. The standard InChI is InChI=1S/C14H21FN2O2/c1-17-8-9(7-16)6-11(17)13-10(15)4-5-12(18-2)14(13)19-3/h4-5,9,11H,6-8,16H2,1-3H3. The van der Waals surface area contributed by atoms with Gasteiger partial charge in [-0.25, -0.2) is 4.39 Å². The summed E-state index contributed by atoms with van der Waals surface area (Å²) in [6.45, 7) is 1.50. The average Bonchev–Trinajstić information content (AvgIpc) is 2.79. The van der Waals surface area contributed by atoms with E-state index in [9.17, 15) is 4.39 Å². The molecule has 0 bridgehead atoms. The highest BCUT2D eigenvalue weighted by Crippen LogP contribution is 2.43. The highest BCUT2D eigenvalue weighted by Gasteiger charge is 2.34. The van der Waals surface area contributed by atoms with E-state index >= 15 is 0 Å². The van der Waals surface area contributed by atoms with Crippen molar-refractivity contribution < 1.29 is 13.9 Å². The first-order valence-electron chi connectivity index (χ1n) is 6.43. The third-order valence-electron chi connectivity index (χ3n) is 3.83. The maximum absolute atomic E-state index is 14.2. The van der Waals surface area contributed by atoms with Crippen molar-refractivity contribution >= 4 is 0 Å². The normalized spacial score (nSPS) is 23.6. The van der Waals surface area contributed by atoms with Crippen LogP contribution in [0.15, 0.2) is 12.1 Å². The van der Waals surface area contributed by atoms with Gasteiger partial charge in [0, 0.05) is 12.6 Å². The van der Waals surface area contributed by atoms with Crippen LogP contribution in [0.5, 0.6) is 11.5 Å². The molecular formula is C14H21FN2O2. The Hall–Kier alpha value is -1.33.